The van der Waals surface area contributed by atoms with Gasteiger partial charge in [-0.05, 0) is 26.3 Å². The Morgan fingerprint density at radius 3 is 2.41 bits per heavy atom. The Morgan fingerprint density at radius 1 is 1.29 bits per heavy atom. The minimum Gasteiger partial charge on any atom is -0.393 e. The second-order valence-electron chi connectivity index (χ2n) is 4.03. The van der Waals surface area contributed by atoms with E-state index >= 15 is 0 Å². The second-order valence-corrected chi connectivity index (χ2v) is 4.84. The van der Waals surface area contributed by atoms with Crippen LogP contribution >= 0.6 is 23.2 Å². The highest BCUT2D eigenvalue weighted by atomic mass is 35.5. The van der Waals surface area contributed by atoms with E-state index in [1.807, 2.05) is 6.92 Å². The number of nitrogens with zero attached hydrogens (tertiary/aromatic N) is 1. The van der Waals surface area contributed by atoms with Crippen molar-refractivity contribution in [1.82, 2.24) is 4.98 Å². The third-order valence-electron chi connectivity index (χ3n) is 2.24. The van der Waals surface area contributed by atoms with Crippen LogP contribution in [0.2, 0.25) is 10.0 Å². The SMILES string of the molecule is CNc1nc(NC(C)CC(C)O)c(Cl)cc1Cl. The fraction of sp³-hybridized carbons (Fsp3) is 0.545. The Labute approximate surface area is 111 Å². The van der Waals surface area contributed by atoms with E-state index in [4.69, 9.17) is 23.2 Å². The molecule has 0 bridgehead atoms. The average Bonchev–Trinajstić information content (AvgIpc) is 2.20. The van der Waals surface area contributed by atoms with E-state index in [2.05, 4.69) is 15.6 Å². The first kappa shape index (κ1) is 14.4. The molecule has 0 radical (unpaired) electrons. The molecule has 96 valence electrons. The first-order chi connectivity index (χ1) is 7.93. The summed E-state index contributed by atoms with van der Waals surface area (Å²) < 4.78 is 0. The van der Waals surface area contributed by atoms with Crippen LogP contribution in [0, 0.1) is 0 Å². The number of hydrogen-bond donors (Lipinski definition) is 3. The van der Waals surface area contributed by atoms with Gasteiger partial charge in [-0.1, -0.05) is 23.2 Å². The zero-order valence-electron chi connectivity index (χ0n) is 10.1. The molecule has 0 aliphatic carbocycles. The lowest BCUT2D eigenvalue weighted by atomic mass is 10.1. The molecule has 4 nitrogen and oxygen atoms in total. The number of nitrogens with one attached hydrogen (secondary N) is 2. The van der Waals surface area contributed by atoms with Gasteiger partial charge >= 0.3 is 0 Å². The summed E-state index contributed by atoms with van der Waals surface area (Å²) in [6.45, 7) is 3.70. The first-order valence-electron chi connectivity index (χ1n) is 5.42. The van der Waals surface area contributed by atoms with Crippen molar-refractivity contribution in [1.29, 1.82) is 0 Å². The van der Waals surface area contributed by atoms with Crippen molar-refractivity contribution < 1.29 is 5.11 Å². The van der Waals surface area contributed by atoms with Crippen molar-refractivity contribution >= 4 is 34.8 Å². The smallest absolute Gasteiger partial charge is 0.147 e. The van der Waals surface area contributed by atoms with Gasteiger partial charge in [-0.15, -0.1) is 0 Å². The van der Waals surface area contributed by atoms with Crippen molar-refractivity contribution in [2.75, 3.05) is 17.7 Å². The monoisotopic (exact) mass is 277 g/mol. The highest BCUT2D eigenvalue weighted by Gasteiger charge is 2.12. The minimum absolute atomic E-state index is 0.0749. The highest BCUT2D eigenvalue weighted by molar-refractivity contribution is 6.37. The molecule has 2 atom stereocenters. The van der Waals surface area contributed by atoms with Crippen LogP contribution in [0.4, 0.5) is 11.6 Å². The van der Waals surface area contributed by atoms with E-state index in [0.29, 0.717) is 28.1 Å². The molecule has 3 N–H and O–H groups in total. The summed E-state index contributed by atoms with van der Waals surface area (Å²) in [6, 6.07) is 1.71. The lowest BCUT2D eigenvalue weighted by Crippen LogP contribution is -2.21. The molecular formula is C11H17Cl2N3O. The van der Waals surface area contributed by atoms with Crippen LogP contribution in [0.5, 0.6) is 0 Å². The van der Waals surface area contributed by atoms with Crippen molar-refractivity contribution in [3.05, 3.63) is 16.1 Å². The van der Waals surface area contributed by atoms with Crippen molar-refractivity contribution in [3.63, 3.8) is 0 Å². The fourth-order valence-corrected chi connectivity index (χ4v) is 2.05. The Morgan fingerprint density at radius 2 is 1.88 bits per heavy atom. The number of anilines is 2. The van der Waals surface area contributed by atoms with Crippen molar-refractivity contribution in [2.24, 2.45) is 0 Å². The summed E-state index contributed by atoms with van der Waals surface area (Å²) >= 11 is 12.0. The topological polar surface area (TPSA) is 57.2 Å². The summed E-state index contributed by atoms with van der Waals surface area (Å²) in [4.78, 5) is 4.27. The van der Waals surface area contributed by atoms with E-state index in [0.717, 1.165) is 0 Å². The number of hydrogen-bond acceptors (Lipinski definition) is 4. The lowest BCUT2D eigenvalue weighted by molar-refractivity contribution is 0.179. The van der Waals surface area contributed by atoms with Crippen LogP contribution in [0.15, 0.2) is 6.07 Å². The predicted octanol–water partition coefficient (Wildman–Crippen LogP) is 3.00. The van der Waals surface area contributed by atoms with Crippen molar-refractivity contribution in [3.8, 4) is 0 Å². The zero-order valence-corrected chi connectivity index (χ0v) is 11.6. The number of aliphatic hydroxyl groups excluding tert-OH is 1. The van der Waals surface area contributed by atoms with E-state index < -0.39 is 0 Å². The van der Waals surface area contributed by atoms with Crippen LogP contribution in [-0.2, 0) is 0 Å². The molecule has 0 saturated heterocycles. The molecule has 2 unspecified atom stereocenters. The fourth-order valence-electron chi connectivity index (χ4n) is 1.55. The molecule has 6 heteroatoms. The van der Waals surface area contributed by atoms with Gasteiger partial charge in [0.2, 0.25) is 0 Å². The van der Waals surface area contributed by atoms with Crippen LogP contribution in [0.3, 0.4) is 0 Å². The van der Waals surface area contributed by atoms with E-state index in [9.17, 15) is 5.11 Å². The molecule has 0 saturated carbocycles. The molecular weight excluding hydrogens is 261 g/mol. The second kappa shape index (κ2) is 6.28. The van der Waals surface area contributed by atoms with Gasteiger partial charge in [0.05, 0.1) is 16.1 Å². The summed E-state index contributed by atoms with van der Waals surface area (Å²) in [6.07, 6.45) is 0.252. The minimum atomic E-state index is -0.368. The number of aromatic nitrogens is 1. The Balaban J connectivity index is 2.83. The van der Waals surface area contributed by atoms with Gasteiger partial charge in [0.15, 0.2) is 0 Å². The predicted molar refractivity (Wildman–Crippen MR) is 73.2 cm³/mol. The number of pyridine rings is 1. The summed E-state index contributed by atoms with van der Waals surface area (Å²) in [7, 11) is 1.74. The maximum Gasteiger partial charge on any atom is 0.147 e. The summed E-state index contributed by atoms with van der Waals surface area (Å²) in [5.74, 6) is 1.14. The van der Waals surface area contributed by atoms with Gasteiger partial charge in [0.25, 0.3) is 0 Å². The van der Waals surface area contributed by atoms with Gasteiger partial charge in [-0.25, -0.2) is 4.98 Å². The van der Waals surface area contributed by atoms with Crippen LogP contribution < -0.4 is 10.6 Å². The zero-order chi connectivity index (χ0) is 13.0. The molecule has 0 aliphatic heterocycles. The highest BCUT2D eigenvalue weighted by Crippen LogP contribution is 2.29. The molecule has 0 amide bonds. The molecule has 0 aromatic carbocycles. The van der Waals surface area contributed by atoms with E-state index in [1.165, 1.54) is 0 Å². The van der Waals surface area contributed by atoms with Gasteiger partial charge < -0.3 is 15.7 Å². The molecule has 1 aromatic rings. The van der Waals surface area contributed by atoms with Gasteiger partial charge in [-0.3, -0.25) is 0 Å². The lowest BCUT2D eigenvalue weighted by Gasteiger charge is -2.17. The molecule has 0 spiro atoms. The average molecular weight is 278 g/mol. The molecule has 1 heterocycles. The largest absolute Gasteiger partial charge is 0.393 e. The molecule has 0 fully saturated rings. The maximum absolute atomic E-state index is 9.29. The van der Waals surface area contributed by atoms with Crippen LogP contribution in [0.25, 0.3) is 0 Å². The quantitative estimate of drug-likeness (QED) is 0.775. The molecule has 1 aromatic heterocycles. The normalized spacial score (nSPS) is 14.2. The van der Waals surface area contributed by atoms with Gasteiger partial charge in [0, 0.05) is 13.1 Å². The van der Waals surface area contributed by atoms with Crippen LogP contribution in [-0.4, -0.2) is 29.3 Å². The number of rotatable bonds is 5. The van der Waals surface area contributed by atoms with Gasteiger partial charge in [-0.2, -0.15) is 0 Å². The maximum atomic E-state index is 9.29. The standard InChI is InChI=1S/C11H17Cl2N3O/c1-6(4-7(2)17)15-11-9(13)5-8(12)10(14-3)16-11/h5-7,17H,4H2,1-3H3,(H2,14,15,16). The Hall–Kier alpha value is -0.710. The Kier molecular flexibility index (Phi) is 5.31. The molecule has 1 rings (SSSR count). The first-order valence-corrected chi connectivity index (χ1v) is 6.18. The van der Waals surface area contributed by atoms with Crippen molar-refractivity contribution in [2.45, 2.75) is 32.4 Å². The van der Waals surface area contributed by atoms with E-state index in [1.54, 1.807) is 20.0 Å². The summed E-state index contributed by atoms with van der Waals surface area (Å²) in [5, 5.41) is 16.3. The molecule has 0 aliphatic rings. The summed E-state index contributed by atoms with van der Waals surface area (Å²) in [5.41, 5.74) is 0. The number of aliphatic hydroxyl groups is 1. The van der Waals surface area contributed by atoms with Crippen LogP contribution in [0.1, 0.15) is 20.3 Å². The number of halogens is 2. The third-order valence-corrected chi connectivity index (χ3v) is 2.82. The van der Waals surface area contributed by atoms with E-state index in [-0.39, 0.29) is 12.1 Å². The molecule has 17 heavy (non-hydrogen) atoms. The Bertz CT molecular complexity index is 385. The van der Waals surface area contributed by atoms with Gasteiger partial charge in [0.1, 0.15) is 11.6 Å². The third kappa shape index (κ3) is 4.22.